The van der Waals surface area contributed by atoms with Crippen LogP contribution in [0.2, 0.25) is 0 Å². The predicted molar refractivity (Wildman–Crippen MR) is 112 cm³/mol. The fourth-order valence-electron chi connectivity index (χ4n) is 4.18. The number of nitrogens with zero attached hydrogens (tertiary/aromatic N) is 3. The maximum Gasteiger partial charge on any atom is 0.243 e. The van der Waals surface area contributed by atoms with Gasteiger partial charge in [0.1, 0.15) is 5.82 Å². The van der Waals surface area contributed by atoms with E-state index in [2.05, 4.69) is 11.5 Å². The van der Waals surface area contributed by atoms with Gasteiger partial charge >= 0.3 is 0 Å². The van der Waals surface area contributed by atoms with E-state index >= 15 is 0 Å². The van der Waals surface area contributed by atoms with Crippen LogP contribution in [0.5, 0.6) is 0 Å². The molecule has 4 rings (SSSR count). The molecule has 2 fully saturated rings. The smallest absolute Gasteiger partial charge is 0.243 e. The van der Waals surface area contributed by atoms with Crippen molar-refractivity contribution in [3.05, 3.63) is 24.0 Å². The van der Waals surface area contributed by atoms with E-state index < -0.39 is 10.0 Å². The Morgan fingerprint density at radius 1 is 1.17 bits per heavy atom. The normalized spacial score (nSPS) is 21.2. The van der Waals surface area contributed by atoms with Crippen LogP contribution in [0.3, 0.4) is 0 Å². The molecule has 2 aromatic rings. The summed E-state index contributed by atoms with van der Waals surface area (Å²) in [5.41, 5.74) is 1.75. The highest BCUT2D eigenvalue weighted by Crippen LogP contribution is 2.26. The molecule has 8 heteroatoms. The maximum absolute atomic E-state index is 13.0. The van der Waals surface area contributed by atoms with Crippen LogP contribution in [0.1, 0.15) is 44.9 Å². The van der Waals surface area contributed by atoms with Crippen LogP contribution in [0.15, 0.2) is 23.1 Å². The van der Waals surface area contributed by atoms with Gasteiger partial charge in [-0.1, -0.05) is 19.8 Å². The number of fused-ring (bicyclic) bond motifs is 1. The van der Waals surface area contributed by atoms with Crippen LogP contribution in [0, 0.1) is 0 Å². The molecule has 29 heavy (non-hydrogen) atoms. The number of unbranched alkanes of at least 4 members (excludes halogenated alkanes) is 2. The standard InChI is InChI=1S/C21H31N3O4S/c1-2-3-4-7-21-22-19-15-18(29(25,26)23-10-13-27-14-11-23)8-9-20(19)24(21)16-17-6-5-12-28-17/h8-9,15,17H,2-7,10-14,16H2,1H3. The largest absolute Gasteiger partial charge is 0.379 e. The summed E-state index contributed by atoms with van der Waals surface area (Å²) in [5, 5.41) is 0. The molecule has 0 aliphatic carbocycles. The lowest BCUT2D eigenvalue weighted by atomic mass is 10.2. The molecular formula is C21H31N3O4S. The second-order valence-electron chi connectivity index (χ2n) is 7.90. The minimum absolute atomic E-state index is 0.217. The van der Waals surface area contributed by atoms with Crippen molar-refractivity contribution in [2.75, 3.05) is 32.9 Å². The highest BCUT2D eigenvalue weighted by atomic mass is 32.2. The van der Waals surface area contributed by atoms with Crippen molar-refractivity contribution >= 4 is 21.1 Å². The second-order valence-corrected chi connectivity index (χ2v) is 9.84. The fourth-order valence-corrected chi connectivity index (χ4v) is 5.60. The fraction of sp³-hybridized carbons (Fsp3) is 0.667. The lowest BCUT2D eigenvalue weighted by Gasteiger charge is -2.26. The molecule has 1 aromatic heterocycles. The molecule has 3 heterocycles. The van der Waals surface area contributed by atoms with Crippen molar-refractivity contribution in [3.63, 3.8) is 0 Å². The van der Waals surface area contributed by atoms with Crippen molar-refractivity contribution < 1.29 is 17.9 Å². The number of morpholine rings is 1. The Kier molecular flexibility index (Phi) is 6.53. The molecule has 0 radical (unpaired) electrons. The van der Waals surface area contributed by atoms with E-state index in [9.17, 15) is 8.42 Å². The molecule has 0 spiro atoms. The van der Waals surface area contributed by atoms with Gasteiger partial charge in [0, 0.05) is 26.1 Å². The average molecular weight is 422 g/mol. The second kappa shape index (κ2) is 9.12. The summed E-state index contributed by atoms with van der Waals surface area (Å²) < 4.78 is 40.9. The maximum atomic E-state index is 13.0. The average Bonchev–Trinajstić information content (AvgIpc) is 3.37. The van der Waals surface area contributed by atoms with Gasteiger partial charge in [-0.3, -0.25) is 0 Å². The molecule has 0 saturated carbocycles. The van der Waals surface area contributed by atoms with Gasteiger partial charge in [0.15, 0.2) is 0 Å². The molecule has 2 saturated heterocycles. The number of ether oxygens (including phenoxy) is 2. The predicted octanol–water partition coefficient (Wildman–Crippen LogP) is 2.97. The summed E-state index contributed by atoms with van der Waals surface area (Å²) in [6.45, 7) is 5.49. The lowest BCUT2D eigenvalue weighted by molar-refractivity contribution is 0.0730. The Hall–Kier alpha value is -1.48. The molecule has 7 nitrogen and oxygen atoms in total. The van der Waals surface area contributed by atoms with Crippen molar-refractivity contribution in [1.82, 2.24) is 13.9 Å². The van der Waals surface area contributed by atoms with Crippen LogP contribution >= 0.6 is 0 Å². The first-order valence-electron chi connectivity index (χ1n) is 10.8. The van der Waals surface area contributed by atoms with Gasteiger partial charge < -0.3 is 14.0 Å². The van der Waals surface area contributed by atoms with E-state index in [1.165, 1.54) is 10.7 Å². The third kappa shape index (κ3) is 4.50. The first-order chi connectivity index (χ1) is 14.1. The van der Waals surface area contributed by atoms with E-state index in [1.54, 1.807) is 12.1 Å². The molecule has 1 atom stereocenters. The number of benzene rings is 1. The van der Waals surface area contributed by atoms with Crippen molar-refractivity contribution in [2.45, 2.75) is 63.0 Å². The summed E-state index contributed by atoms with van der Waals surface area (Å²) >= 11 is 0. The summed E-state index contributed by atoms with van der Waals surface area (Å²) in [7, 11) is -3.52. The van der Waals surface area contributed by atoms with E-state index in [4.69, 9.17) is 14.5 Å². The SMILES string of the molecule is CCCCCc1nc2cc(S(=O)(=O)N3CCOCC3)ccc2n1CC1CCCO1. The first-order valence-corrected chi connectivity index (χ1v) is 12.2. The molecule has 0 amide bonds. The first kappa shape index (κ1) is 20.8. The topological polar surface area (TPSA) is 73.7 Å². The van der Waals surface area contributed by atoms with Crippen LogP contribution < -0.4 is 0 Å². The molecule has 1 unspecified atom stereocenters. The molecule has 2 aliphatic heterocycles. The zero-order valence-electron chi connectivity index (χ0n) is 17.2. The number of sulfonamides is 1. The van der Waals surface area contributed by atoms with E-state index in [0.29, 0.717) is 31.2 Å². The Bertz CT molecular complexity index is 929. The monoisotopic (exact) mass is 421 g/mol. The van der Waals surface area contributed by atoms with Crippen molar-refractivity contribution in [3.8, 4) is 0 Å². The molecular weight excluding hydrogens is 390 g/mol. The number of hydrogen-bond donors (Lipinski definition) is 0. The van der Waals surface area contributed by atoms with Crippen LogP contribution in [0.4, 0.5) is 0 Å². The Morgan fingerprint density at radius 3 is 2.72 bits per heavy atom. The van der Waals surface area contributed by atoms with E-state index in [1.807, 2.05) is 6.07 Å². The highest BCUT2D eigenvalue weighted by Gasteiger charge is 2.27. The summed E-state index contributed by atoms with van der Waals surface area (Å²) in [4.78, 5) is 5.16. The van der Waals surface area contributed by atoms with Crippen molar-refractivity contribution in [2.24, 2.45) is 0 Å². The number of aryl methyl sites for hydroxylation is 1. The molecule has 2 aliphatic rings. The molecule has 0 N–H and O–H groups in total. The number of hydrogen-bond acceptors (Lipinski definition) is 5. The number of imidazole rings is 1. The minimum atomic E-state index is -3.52. The summed E-state index contributed by atoms with van der Waals surface area (Å²) in [6, 6.07) is 5.36. The van der Waals surface area contributed by atoms with Gasteiger partial charge in [-0.15, -0.1) is 0 Å². The summed E-state index contributed by atoms with van der Waals surface area (Å²) in [6.07, 6.45) is 6.70. The van der Waals surface area contributed by atoms with Gasteiger partial charge in [0.2, 0.25) is 10.0 Å². The Morgan fingerprint density at radius 2 is 2.00 bits per heavy atom. The zero-order valence-corrected chi connectivity index (χ0v) is 18.0. The van der Waals surface area contributed by atoms with Gasteiger partial charge in [-0.2, -0.15) is 4.31 Å². The third-order valence-corrected chi connectivity index (χ3v) is 7.72. The van der Waals surface area contributed by atoms with Crippen LogP contribution in [0.25, 0.3) is 11.0 Å². The Labute approximate surface area is 173 Å². The quantitative estimate of drug-likeness (QED) is 0.613. The van der Waals surface area contributed by atoms with Gasteiger partial charge in [0.25, 0.3) is 0 Å². The molecule has 1 aromatic carbocycles. The van der Waals surface area contributed by atoms with Gasteiger partial charge in [0.05, 0.1) is 41.8 Å². The van der Waals surface area contributed by atoms with E-state index in [0.717, 1.165) is 62.1 Å². The lowest BCUT2D eigenvalue weighted by Crippen LogP contribution is -2.40. The molecule has 0 bridgehead atoms. The van der Waals surface area contributed by atoms with Crippen LogP contribution in [-0.2, 0) is 32.5 Å². The third-order valence-electron chi connectivity index (χ3n) is 5.82. The van der Waals surface area contributed by atoms with E-state index in [-0.39, 0.29) is 6.10 Å². The van der Waals surface area contributed by atoms with Gasteiger partial charge in [-0.05, 0) is 37.5 Å². The number of rotatable bonds is 8. The highest BCUT2D eigenvalue weighted by molar-refractivity contribution is 7.89. The van der Waals surface area contributed by atoms with Crippen LogP contribution in [-0.4, -0.2) is 61.3 Å². The van der Waals surface area contributed by atoms with Gasteiger partial charge in [-0.25, -0.2) is 13.4 Å². The Balaban J connectivity index is 1.66. The summed E-state index contributed by atoms with van der Waals surface area (Å²) in [5.74, 6) is 1.03. The molecule has 160 valence electrons. The minimum Gasteiger partial charge on any atom is -0.379 e. The zero-order chi connectivity index (χ0) is 20.3. The van der Waals surface area contributed by atoms with Crippen molar-refractivity contribution in [1.29, 1.82) is 0 Å². The number of aromatic nitrogens is 2.